The van der Waals surface area contributed by atoms with Crippen LogP contribution in [0.1, 0.15) is 37.2 Å². The lowest BCUT2D eigenvalue weighted by atomic mass is 10.3. The number of aromatic nitrogens is 2. The van der Waals surface area contributed by atoms with Gasteiger partial charge in [-0.3, -0.25) is 4.98 Å². The summed E-state index contributed by atoms with van der Waals surface area (Å²) >= 11 is 0. The molecule has 1 saturated carbocycles. The van der Waals surface area contributed by atoms with Gasteiger partial charge in [-0.25, -0.2) is 9.78 Å². The zero-order valence-electron chi connectivity index (χ0n) is 9.42. The number of carboxylic acid groups (broad SMARTS) is 1. The van der Waals surface area contributed by atoms with E-state index in [1.807, 2.05) is 0 Å². The first kappa shape index (κ1) is 10.9. The first-order chi connectivity index (χ1) is 7.59. The molecule has 0 atom stereocenters. The summed E-state index contributed by atoms with van der Waals surface area (Å²) in [5.41, 5.74) is 0.00352. The van der Waals surface area contributed by atoms with Gasteiger partial charge in [0.1, 0.15) is 5.82 Å². The van der Waals surface area contributed by atoms with Crippen molar-refractivity contribution in [3.05, 3.63) is 18.1 Å². The van der Waals surface area contributed by atoms with Crippen molar-refractivity contribution in [2.45, 2.75) is 38.8 Å². The molecule has 5 heteroatoms. The number of aromatic carboxylic acids is 1. The van der Waals surface area contributed by atoms with Crippen LogP contribution in [0.4, 0.5) is 5.82 Å². The van der Waals surface area contributed by atoms with Gasteiger partial charge in [0.05, 0.1) is 12.4 Å². The van der Waals surface area contributed by atoms with E-state index in [9.17, 15) is 4.79 Å². The van der Waals surface area contributed by atoms with E-state index < -0.39 is 5.97 Å². The SMILES string of the molecule is CC(C)N(c1cncc(C(=O)O)n1)C1CC1. The molecule has 0 aliphatic heterocycles. The van der Waals surface area contributed by atoms with Crippen molar-refractivity contribution in [2.75, 3.05) is 4.90 Å². The molecule has 1 aromatic heterocycles. The van der Waals surface area contributed by atoms with Crippen LogP contribution in [-0.2, 0) is 0 Å². The largest absolute Gasteiger partial charge is 0.476 e. The first-order valence-corrected chi connectivity index (χ1v) is 5.43. The highest BCUT2D eigenvalue weighted by Gasteiger charge is 2.32. The Labute approximate surface area is 94.1 Å². The summed E-state index contributed by atoms with van der Waals surface area (Å²) in [5.74, 6) is -0.369. The monoisotopic (exact) mass is 221 g/mol. The van der Waals surface area contributed by atoms with Gasteiger partial charge in [0.25, 0.3) is 0 Å². The van der Waals surface area contributed by atoms with Gasteiger partial charge in [0, 0.05) is 12.1 Å². The third-order valence-corrected chi connectivity index (χ3v) is 2.60. The van der Waals surface area contributed by atoms with Gasteiger partial charge in [0.15, 0.2) is 5.69 Å². The molecule has 0 unspecified atom stereocenters. The van der Waals surface area contributed by atoms with E-state index in [2.05, 4.69) is 28.7 Å². The summed E-state index contributed by atoms with van der Waals surface area (Å²) in [6.45, 7) is 4.15. The molecule has 16 heavy (non-hydrogen) atoms. The van der Waals surface area contributed by atoms with E-state index in [1.54, 1.807) is 6.20 Å². The van der Waals surface area contributed by atoms with Crippen molar-refractivity contribution in [2.24, 2.45) is 0 Å². The summed E-state index contributed by atoms with van der Waals surface area (Å²) < 4.78 is 0. The molecule has 0 radical (unpaired) electrons. The predicted octanol–water partition coefficient (Wildman–Crippen LogP) is 1.55. The average molecular weight is 221 g/mol. The quantitative estimate of drug-likeness (QED) is 0.835. The van der Waals surface area contributed by atoms with Crippen molar-refractivity contribution >= 4 is 11.8 Å². The second-order valence-corrected chi connectivity index (χ2v) is 4.30. The Bertz CT molecular complexity index is 400. The fourth-order valence-electron chi connectivity index (χ4n) is 1.81. The third kappa shape index (κ3) is 2.13. The molecular weight excluding hydrogens is 206 g/mol. The fourth-order valence-corrected chi connectivity index (χ4v) is 1.81. The Morgan fingerprint density at radius 1 is 1.50 bits per heavy atom. The zero-order valence-corrected chi connectivity index (χ0v) is 9.42. The first-order valence-electron chi connectivity index (χ1n) is 5.43. The molecule has 1 aromatic rings. The summed E-state index contributed by atoms with van der Waals surface area (Å²) in [5, 5.41) is 8.86. The Balaban J connectivity index is 2.30. The molecule has 1 N–H and O–H groups in total. The van der Waals surface area contributed by atoms with Crippen molar-refractivity contribution < 1.29 is 9.90 Å². The Morgan fingerprint density at radius 3 is 2.69 bits per heavy atom. The fraction of sp³-hybridized carbons (Fsp3) is 0.545. The number of rotatable bonds is 4. The smallest absolute Gasteiger partial charge is 0.356 e. The van der Waals surface area contributed by atoms with Crippen molar-refractivity contribution in [3.63, 3.8) is 0 Å². The molecule has 0 aromatic carbocycles. The van der Waals surface area contributed by atoms with Gasteiger partial charge in [-0.15, -0.1) is 0 Å². The third-order valence-electron chi connectivity index (χ3n) is 2.60. The van der Waals surface area contributed by atoms with Crippen LogP contribution in [-0.4, -0.2) is 33.1 Å². The van der Waals surface area contributed by atoms with E-state index in [-0.39, 0.29) is 5.69 Å². The molecule has 2 rings (SSSR count). The normalized spacial score (nSPS) is 15.2. The van der Waals surface area contributed by atoms with Crippen LogP contribution in [0.25, 0.3) is 0 Å². The molecule has 86 valence electrons. The Hall–Kier alpha value is -1.65. The maximum Gasteiger partial charge on any atom is 0.356 e. The zero-order chi connectivity index (χ0) is 11.7. The van der Waals surface area contributed by atoms with Gasteiger partial charge in [-0.2, -0.15) is 0 Å². The van der Waals surface area contributed by atoms with Crippen molar-refractivity contribution in [1.82, 2.24) is 9.97 Å². The van der Waals surface area contributed by atoms with Gasteiger partial charge < -0.3 is 10.0 Å². The highest BCUT2D eigenvalue weighted by atomic mass is 16.4. The van der Waals surface area contributed by atoms with E-state index in [4.69, 9.17) is 5.11 Å². The number of hydrogen-bond donors (Lipinski definition) is 1. The number of carboxylic acids is 1. The second kappa shape index (κ2) is 4.08. The molecular formula is C11H15N3O2. The lowest BCUT2D eigenvalue weighted by molar-refractivity contribution is 0.0690. The standard InChI is InChI=1S/C11H15N3O2/c1-7(2)14(8-3-4-8)10-6-12-5-9(13-10)11(15)16/h5-8H,3-4H2,1-2H3,(H,15,16). The molecule has 1 fully saturated rings. The van der Waals surface area contributed by atoms with Crippen LogP contribution >= 0.6 is 0 Å². The molecule has 0 spiro atoms. The van der Waals surface area contributed by atoms with Gasteiger partial charge in [0.2, 0.25) is 0 Å². The van der Waals surface area contributed by atoms with Gasteiger partial charge in [-0.05, 0) is 26.7 Å². The summed E-state index contributed by atoms with van der Waals surface area (Å²) in [4.78, 5) is 21.0. The number of nitrogens with zero attached hydrogens (tertiary/aromatic N) is 3. The van der Waals surface area contributed by atoms with Crippen LogP contribution in [0.3, 0.4) is 0 Å². The Kier molecular flexibility index (Phi) is 2.77. The molecule has 5 nitrogen and oxygen atoms in total. The average Bonchev–Trinajstić information content (AvgIpc) is 3.02. The minimum Gasteiger partial charge on any atom is -0.476 e. The molecule has 0 saturated heterocycles. The van der Waals surface area contributed by atoms with Gasteiger partial charge >= 0.3 is 5.97 Å². The highest BCUT2D eigenvalue weighted by Crippen LogP contribution is 2.32. The lowest BCUT2D eigenvalue weighted by Crippen LogP contribution is -2.34. The van der Waals surface area contributed by atoms with Crippen molar-refractivity contribution in [1.29, 1.82) is 0 Å². The highest BCUT2D eigenvalue weighted by molar-refractivity contribution is 5.85. The van der Waals surface area contributed by atoms with E-state index in [0.717, 1.165) is 12.8 Å². The van der Waals surface area contributed by atoms with Crippen molar-refractivity contribution in [3.8, 4) is 0 Å². The number of hydrogen-bond acceptors (Lipinski definition) is 4. The second-order valence-electron chi connectivity index (χ2n) is 4.30. The van der Waals surface area contributed by atoms with Crippen LogP contribution < -0.4 is 4.90 Å². The minimum absolute atomic E-state index is 0.00352. The van der Waals surface area contributed by atoms with Crippen LogP contribution in [0, 0.1) is 0 Å². The molecule has 1 heterocycles. The maximum absolute atomic E-state index is 10.8. The maximum atomic E-state index is 10.8. The molecule has 0 bridgehead atoms. The van der Waals surface area contributed by atoms with Gasteiger partial charge in [-0.1, -0.05) is 0 Å². The predicted molar refractivity (Wildman–Crippen MR) is 59.6 cm³/mol. The van der Waals surface area contributed by atoms with Crippen LogP contribution in [0.5, 0.6) is 0 Å². The van der Waals surface area contributed by atoms with E-state index in [0.29, 0.717) is 17.9 Å². The summed E-state index contributed by atoms with van der Waals surface area (Å²) in [6, 6.07) is 0.809. The number of anilines is 1. The van der Waals surface area contributed by atoms with E-state index in [1.165, 1.54) is 6.20 Å². The minimum atomic E-state index is -1.03. The topological polar surface area (TPSA) is 66.3 Å². The Morgan fingerprint density at radius 2 is 2.19 bits per heavy atom. The summed E-state index contributed by atoms with van der Waals surface area (Å²) in [6.07, 6.45) is 5.20. The van der Waals surface area contributed by atoms with Crippen LogP contribution in [0.2, 0.25) is 0 Å². The van der Waals surface area contributed by atoms with Crippen LogP contribution in [0.15, 0.2) is 12.4 Å². The molecule has 1 aliphatic rings. The lowest BCUT2D eigenvalue weighted by Gasteiger charge is -2.27. The molecule has 1 aliphatic carbocycles. The number of carbonyl (C=O) groups is 1. The summed E-state index contributed by atoms with van der Waals surface area (Å²) in [7, 11) is 0. The van der Waals surface area contributed by atoms with E-state index >= 15 is 0 Å². The molecule has 0 amide bonds.